The first kappa shape index (κ1) is 21.0. The van der Waals surface area contributed by atoms with E-state index in [2.05, 4.69) is 32.3 Å². The van der Waals surface area contributed by atoms with Gasteiger partial charge in [0.15, 0.2) is 0 Å². The largest absolute Gasteiger partial charge is 0.378 e. The lowest BCUT2D eigenvalue weighted by Crippen LogP contribution is -2.40. The average molecular weight is 452 g/mol. The third kappa shape index (κ3) is 4.51. The van der Waals surface area contributed by atoms with E-state index in [1.54, 1.807) is 6.20 Å². The molecule has 0 amide bonds. The Morgan fingerprint density at radius 1 is 0.938 bits per heavy atom. The molecule has 0 spiro atoms. The van der Waals surface area contributed by atoms with Crippen LogP contribution in [0, 0.1) is 0 Å². The molecule has 2 aliphatic rings. The quantitative estimate of drug-likeness (QED) is 0.399. The molecule has 166 valence electrons. The minimum Gasteiger partial charge on any atom is -0.378 e. The number of anilines is 4. The zero-order valence-electron chi connectivity index (χ0n) is 17.5. The molecule has 2 fully saturated rings. The maximum atomic E-state index is 10.1. The Hall–Kier alpha value is -2.85. The standard InChI is InChI=1S/C23H25N5O3S/c29-23(30)10-16-32-28(23)20-5-1-17(2-6-20)21-9-11-24-22(26-21)25-18-3-7-19(8-4-18)27-12-14-31-15-13-27/h1-9,11,29-30H,10,12-16H2,(H,24,25,26). The lowest BCUT2D eigenvalue weighted by molar-refractivity contribution is -0.143. The van der Waals surface area contributed by atoms with Crippen LogP contribution < -0.4 is 14.5 Å². The van der Waals surface area contributed by atoms with E-state index in [0.29, 0.717) is 18.1 Å². The second-order valence-corrected chi connectivity index (χ2v) is 8.77. The smallest absolute Gasteiger partial charge is 0.257 e. The summed E-state index contributed by atoms with van der Waals surface area (Å²) in [5.41, 5.74) is 4.55. The molecule has 2 aliphatic heterocycles. The van der Waals surface area contributed by atoms with Gasteiger partial charge in [0.25, 0.3) is 5.91 Å². The van der Waals surface area contributed by atoms with Gasteiger partial charge in [-0.1, -0.05) is 12.1 Å². The maximum Gasteiger partial charge on any atom is 0.257 e. The van der Waals surface area contributed by atoms with Crippen molar-refractivity contribution in [2.45, 2.75) is 12.3 Å². The number of hydrogen-bond acceptors (Lipinski definition) is 9. The van der Waals surface area contributed by atoms with E-state index in [1.165, 1.54) is 21.9 Å². The van der Waals surface area contributed by atoms with Gasteiger partial charge in [-0.3, -0.25) is 4.31 Å². The van der Waals surface area contributed by atoms with E-state index in [0.717, 1.165) is 48.9 Å². The maximum absolute atomic E-state index is 10.1. The number of ether oxygens (including phenoxy) is 1. The Labute approximate surface area is 191 Å². The van der Waals surface area contributed by atoms with E-state index in [1.807, 2.05) is 42.5 Å². The van der Waals surface area contributed by atoms with Gasteiger partial charge in [-0.15, -0.1) is 0 Å². The Morgan fingerprint density at radius 2 is 1.66 bits per heavy atom. The molecule has 5 rings (SSSR count). The molecule has 8 nitrogen and oxygen atoms in total. The van der Waals surface area contributed by atoms with Crippen LogP contribution in [0.5, 0.6) is 0 Å². The summed E-state index contributed by atoms with van der Waals surface area (Å²) in [4.78, 5) is 11.3. The van der Waals surface area contributed by atoms with Gasteiger partial charge < -0.3 is 25.2 Å². The number of hydrogen-bond donors (Lipinski definition) is 3. The molecule has 3 heterocycles. The molecule has 2 saturated heterocycles. The minimum atomic E-state index is -1.81. The first-order chi connectivity index (χ1) is 15.6. The second-order valence-electron chi connectivity index (χ2n) is 7.74. The molecular weight excluding hydrogens is 426 g/mol. The Kier molecular flexibility index (Phi) is 5.88. The number of aliphatic hydroxyl groups is 2. The summed E-state index contributed by atoms with van der Waals surface area (Å²) in [6, 6.07) is 17.7. The van der Waals surface area contributed by atoms with Crippen molar-refractivity contribution >= 4 is 35.0 Å². The van der Waals surface area contributed by atoms with Crippen molar-refractivity contribution in [1.29, 1.82) is 0 Å². The number of rotatable bonds is 5. The van der Waals surface area contributed by atoms with Gasteiger partial charge in [0.2, 0.25) is 5.95 Å². The second kappa shape index (κ2) is 8.95. The number of nitrogens with one attached hydrogen (secondary N) is 1. The molecule has 9 heteroatoms. The van der Waals surface area contributed by atoms with E-state index >= 15 is 0 Å². The van der Waals surface area contributed by atoms with E-state index < -0.39 is 5.91 Å². The molecule has 0 atom stereocenters. The van der Waals surface area contributed by atoms with Crippen LogP contribution in [0.2, 0.25) is 0 Å². The Morgan fingerprint density at radius 3 is 2.34 bits per heavy atom. The van der Waals surface area contributed by atoms with Gasteiger partial charge in [-0.25, -0.2) is 9.97 Å². The highest BCUT2D eigenvalue weighted by molar-refractivity contribution is 8.00. The van der Waals surface area contributed by atoms with Crippen LogP contribution in [0.4, 0.5) is 23.0 Å². The van der Waals surface area contributed by atoms with Gasteiger partial charge in [-0.05, 0) is 54.4 Å². The first-order valence-electron chi connectivity index (χ1n) is 10.6. The molecule has 0 saturated carbocycles. The molecular formula is C23H25N5O3S. The fourth-order valence-electron chi connectivity index (χ4n) is 3.81. The topological polar surface area (TPSA) is 94.0 Å². The fraction of sp³-hybridized carbons (Fsp3) is 0.304. The molecule has 3 aromatic rings. The summed E-state index contributed by atoms with van der Waals surface area (Å²) in [6.07, 6.45) is 2.04. The molecule has 0 unspecified atom stereocenters. The number of benzene rings is 2. The summed E-state index contributed by atoms with van der Waals surface area (Å²) in [5, 5.41) is 23.4. The molecule has 1 aromatic heterocycles. The molecule has 0 radical (unpaired) electrons. The van der Waals surface area contributed by atoms with Crippen molar-refractivity contribution in [3.05, 3.63) is 60.8 Å². The normalized spacial score (nSPS) is 18.1. The highest BCUT2D eigenvalue weighted by Crippen LogP contribution is 2.38. The van der Waals surface area contributed by atoms with Crippen LogP contribution in [0.3, 0.4) is 0 Å². The minimum absolute atomic E-state index is 0.313. The monoisotopic (exact) mass is 451 g/mol. The van der Waals surface area contributed by atoms with Gasteiger partial charge in [-0.2, -0.15) is 0 Å². The van der Waals surface area contributed by atoms with Crippen LogP contribution in [-0.4, -0.2) is 58.1 Å². The summed E-state index contributed by atoms with van der Waals surface area (Å²) < 4.78 is 6.95. The van der Waals surface area contributed by atoms with Crippen LogP contribution in [0.15, 0.2) is 60.8 Å². The predicted molar refractivity (Wildman–Crippen MR) is 127 cm³/mol. The predicted octanol–water partition coefficient (Wildman–Crippen LogP) is 3.22. The van der Waals surface area contributed by atoms with Crippen molar-refractivity contribution in [3.8, 4) is 11.3 Å². The zero-order chi connectivity index (χ0) is 22.0. The Bertz CT molecular complexity index is 1060. The lowest BCUT2D eigenvalue weighted by Gasteiger charge is -2.28. The van der Waals surface area contributed by atoms with Crippen LogP contribution in [-0.2, 0) is 4.74 Å². The number of nitrogens with zero attached hydrogens (tertiary/aromatic N) is 4. The lowest BCUT2D eigenvalue weighted by atomic mass is 10.1. The van der Waals surface area contributed by atoms with Crippen molar-refractivity contribution in [1.82, 2.24) is 9.97 Å². The third-order valence-electron chi connectivity index (χ3n) is 5.54. The van der Waals surface area contributed by atoms with E-state index in [-0.39, 0.29) is 0 Å². The molecule has 3 N–H and O–H groups in total. The average Bonchev–Trinajstić information content (AvgIpc) is 3.19. The SMILES string of the molecule is OC1(O)CCSN1c1ccc(-c2ccnc(Nc3ccc(N4CCOCC4)cc3)n2)cc1. The Balaban J connectivity index is 1.28. The molecule has 2 aromatic carbocycles. The van der Waals surface area contributed by atoms with Gasteiger partial charge in [0.1, 0.15) is 0 Å². The van der Waals surface area contributed by atoms with Crippen LogP contribution in [0.25, 0.3) is 11.3 Å². The zero-order valence-corrected chi connectivity index (χ0v) is 18.3. The third-order valence-corrected chi connectivity index (χ3v) is 6.68. The highest BCUT2D eigenvalue weighted by atomic mass is 32.2. The summed E-state index contributed by atoms with van der Waals surface area (Å²) in [6.45, 7) is 3.34. The van der Waals surface area contributed by atoms with Crippen molar-refractivity contribution in [2.75, 3.05) is 46.6 Å². The fourth-order valence-corrected chi connectivity index (χ4v) is 4.93. The van der Waals surface area contributed by atoms with Crippen molar-refractivity contribution in [3.63, 3.8) is 0 Å². The van der Waals surface area contributed by atoms with Crippen LogP contribution in [0.1, 0.15) is 6.42 Å². The summed E-state index contributed by atoms with van der Waals surface area (Å²) in [5.74, 6) is -0.621. The van der Waals surface area contributed by atoms with Crippen molar-refractivity contribution in [2.24, 2.45) is 0 Å². The molecule has 0 bridgehead atoms. The van der Waals surface area contributed by atoms with Crippen LogP contribution >= 0.6 is 11.9 Å². The van der Waals surface area contributed by atoms with Gasteiger partial charge in [0.05, 0.1) is 24.6 Å². The highest BCUT2D eigenvalue weighted by Gasteiger charge is 2.38. The summed E-state index contributed by atoms with van der Waals surface area (Å²) >= 11 is 1.41. The number of aromatic nitrogens is 2. The van der Waals surface area contributed by atoms with Gasteiger partial charge >= 0.3 is 0 Å². The molecule has 32 heavy (non-hydrogen) atoms. The first-order valence-corrected chi connectivity index (χ1v) is 11.5. The van der Waals surface area contributed by atoms with E-state index in [9.17, 15) is 10.2 Å². The van der Waals surface area contributed by atoms with Gasteiger partial charge in [0, 0.05) is 48.4 Å². The number of morpholine rings is 1. The van der Waals surface area contributed by atoms with Crippen molar-refractivity contribution < 1.29 is 14.9 Å². The molecule has 0 aliphatic carbocycles. The van der Waals surface area contributed by atoms with E-state index in [4.69, 9.17) is 4.74 Å². The summed E-state index contributed by atoms with van der Waals surface area (Å²) in [7, 11) is 0.